The lowest BCUT2D eigenvalue weighted by Crippen LogP contribution is -2.49. The minimum atomic E-state index is 0.463. The Kier molecular flexibility index (Phi) is 8.84. The van der Waals surface area contributed by atoms with Crippen LogP contribution in [0.15, 0.2) is 0 Å². The molecule has 0 spiro atoms. The van der Waals surface area contributed by atoms with Crippen LogP contribution in [0.5, 0.6) is 0 Å². The first kappa shape index (κ1) is 18.9. The van der Waals surface area contributed by atoms with Gasteiger partial charge in [-0.1, -0.05) is 33.6 Å². The highest BCUT2D eigenvalue weighted by atomic mass is 16.5. The maximum absolute atomic E-state index is 5.17. The molecule has 1 saturated carbocycles. The van der Waals surface area contributed by atoms with Gasteiger partial charge in [0.1, 0.15) is 0 Å². The van der Waals surface area contributed by atoms with E-state index in [1.807, 2.05) is 0 Å². The van der Waals surface area contributed by atoms with Gasteiger partial charge in [0.15, 0.2) is 0 Å². The van der Waals surface area contributed by atoms with Gasteiger partial charge < -0.3 is 15.0 Å². The summed E-state index contributed by atoms with van der Waals surface area (Å²) < 4.78 is 5.17. The minimum Gasteiger partial charge on any atom is -0.383 e. The molecule has 3 unspecified atom stereocenters. The van der Waals surface area contributed by atoms with E-state index in [0.717, 1.165) is 25.6 Å². The maximum Gasteiger partial charge on any atom is 0.0587 e. The number of ether oxygens (including phenoxy) is 1. The number of hydrogen-bond donors (Lipinski definition) is 1. The molecule has 1 aliphatic rings. The van der Waals surface area contributed by atoms with Crippen molar-refractivity contribution in [3.8, 4) is 0 Å². The molecule has 0 bridgehead atoms. The summed E-state index contributed by atoms with van der Waals surface area (Å²) in [6.45, 7) is 14.8. The molecule has 3 nitrogen and oxygen atoms in total. The molecule has 0 aromatic rings. The zero-order chi connectivity index (χ0) is 15.7. The second-order valence-electron chi connectivity index (χ2n) is 7.19. The largest absolute Gasteiger partial charge is 0.383 e. The normalized spacial score (nSPS) is 28.0. The molecule has 1 rings (SSSR count). The number of hydrogen-bond acceptors (Lipinski definition) is 3. The maximum atomic E-state index is 5.17. The van der Waals surface area contributed by atoms with Gasteiger partial charge in [0.2, 0.25) is 0 Å². The lowest BCUT2D eigenvalue weighted by atomic mass is 9.69. The average molecular weight is 299 g/mol. The first-order valence-electron chi connectivity index (χ1n) is 9.00. The summed E-state index contributed by atoms with van der Waals surface area (Å²) in [5, 5.41) is 3.65. The van der Waals surface area contributed by atoms with Crippen LogP contribution >= 0.6 is 0 Å². The van der Waals surface area contributed by atoms with Crippen molar-refractivity contribution >= 4 is 0 Å². The van der Waals surface area contributed by atoms with Crippen molar-refractivity contribution in [2.24, 2.45) is 11.3 Å². The smallest absolute Gasteiger partial charge is 0.0587 e. The summed E-state index contributed by atoms with van der Waals surface area (Å²) in [5.74, 6) is 0.874. The van der Waals surface area contributed by atoms with Gasteiger partial charge in [-0.15, -0.1) is 0 Å². The molecule has 21 heavy (non-hydrogen) atoms. The first-order valence-corrected chi connectivity index (χ1v) is 9.00. The number of methoxy groups -OCH3 is 1. The van der Waals surface area contributed by atoms with Crippen LogP contribution in [0.3, 0.4) is 0 Å². The van der Waals surface area contributed by atoms with E-state index in [1.165, 1.54) is 45.2 Å². The fourth-order valence-corrected chi connectivity index (χ4v) is 3.93. The Morgan fingerprint density at radius 1 is 1.38 bits per heavy atom. The van der Waals surface area contributed by atoms with E-state index in [2.05, 4.69) is 37.9 Å². The van der Waals surface area contributed by atoms with Crippen LogP contribution < -0.4 is 5.32 Å². The third-order valence-corrected chi connectivity index (χ3v) is 5.33. The van der Waals surface area contributed by atoms with Gasteiger partial charge in [-0.25, -0.2) is 0 Å². The monoisotopic (exact) mass is 298 g/mol. The van der Waals surface area contributed by atoms with E-state index in [4.69, 9.17) is 4.74 Å². The van der Waals surface area contributed by atoms with E-state index in [-0.39, 0.29) is 0 Å². The summed E-state index contributed by atoms with van der Waals surface area (Å²) in [6.07, 6.45) is 6.81. The van der Waals surface area contributed by atoms with Crippen LogP contribution in [0.25, 0.3) is 0 Å². The van der Waals surface area contributed by atoms with Gasteiger partial charge in [0, 0.05) is 32.8 Å². The SMILES string of the molecule is CCC(C)N(CC)CC1(CNCCOC)CCCC(C)C1. The lowest BCUT2D eigenvalue weighted by molar-refractivity contribution is 0.0615. The third-order valence-electron chi connectivity index (χ3n) is 5.33. The molecule has 0 aromatic heterocycles. The van der Waals surface area contributed by atoms with Crippen molar-refractivity contribution in [2.75, 3.05) is 39.9 Å². The molecule has 0 aromatic carbocycles. The highest BCUT2D eigenvalue weighted by Crippen LogP contribution is 2.40. The first-order chi connectivity index (χ1) is 10.1. The van der Waals surface area contributed by atoms with Crippen molar-refractivity contribution in [2.45, 2.75) is 65.8 Å². The Morgan fingerprint density at radius 3 is 2.71 bits per heavy atom. The van der Waals surface area contributed by atoms with Crippen molar-refractivity contribution in [3.63, 3.8) is 0 Å². The minimum absolute atomic E-state index is 0.463. The Bertz CT molecular complexity index is 272. The Morgan fingerprint density at radius 2 is 2.14 bits per heavy atom. The zero-order valence-electron chi connectivity index (χ0n) is 15.1. The molecule has 0 amide bonds. The van der Waals surface area contributed by atoms with Crippen molar-refractivity contribution in [1.82, 2.24) is 10.2 Å². The predicted octanol–water partition coefficient (Wildman–Crippen LogP) is 3.54. The molecule has 1 fully saturated rings. The van der Waals surface area contributed by atoms with Crippen molar-refractivity contribution < 1.29 is 4.74 Å². The van der Waals surface area contributed by atoms with Gasteiger partial charge in [-0.05, 0) is 44.1 Å². The molecule has 1 N–H and O–H groups in total. The van der Waals surface area contributed by atoms with Gasteiger partial charge in [0.05, 0.1) is 6.61 Å². The van der Waals surface area contributed by atoms with Crippen LogP contribution in [0.2, 0.25) is 0 Å². The van der Waals surface area contributed by atoms with E-state index < -0.39 is 0 Å². The summed E-state index contributed by atoms with van der Waals surface area (Å²) in [5.41, 5.74) is 0.463. The highest BCUT2D eigenvalue weighted by Gasteiger charge is 2.36. The summed E-state index contributed by atoms with van der Waals surface area (Å²) in [4.78, 5) is 2.69. The summed E-state index contributed by atoms with van der Waals surface area (Å²) >= 11 is 0. The molecule has 0 saturated heterocycles. The van der Waals surface area contributed by atoms with E-state index in [0.29, 0.717) is 11.5 Å². The van der Waals surface area contributed by atoms with Crippen LogP contribution in [-0.2, 0) is 4.74 Å². The summed E-state index contributed by atoms with van der Waals surface area (Å²) in [7, 11) is 1.78. The van der Waals surface area contributed by atoms with Crippen molar-refractivity contribution in [1.29, 1.82) is 0 Å². The molecular formula is C18H38N2O. The third kappa shape index (κ3) is 6.25. The molecule has 0 radical (unpaired) electrons. The van der Waals surface area contributed by atoms with Crippen LogP contribution in [0.1, 0.15) is 59.8 Å². The fourth-order valence-electron chi connectivity index (χ4n) is 3.93. The number of rotatable bonds is 10. The quantitative estimate of drug-likeness (QED) is 0.624. The Balaban J connectivity index is 2.66. The Hall–Kier alpha value is -0.120. The molecule has 126 valence electrons. The number of nitrogens with one attached hydrogen (secondary N) is 1. The standard InChI is InChI=1S/C18H38N2O/c1-6-17(4)20(7-2)15-18(14-19-11-12-21-5)10-8-9-16(3)13-18/h16-17,19H,6-15H2,1-5H3. The van der Waals surface area contributed by atoms with Crippen LogP contribution in [-0.4, -0.2) is 50.8 Å². The van der Waals surface area contributed by atoms with Gasteiger partial charge >= 0.3 is 0 Å². The summed E-state index contributed by atoms with van der Waals surface area (Å²) in [6, 6.07) is 0.697. The fraction of sp³-hybridized carbons (Fsp3) is 1.00. The molecule has 3 atom stereocenters. The van der Waals surface area contributed by atoms with Gasteiger partial charge in [-0.2, -0.15) is 0 Å². The van der Waals surface area contributed by atoms with E-state index in [1.54, 1.807) is 7.11 Å². The average Bonchev–Trinajstić information content (AvgIpc) is 2.48. The molecule has 0 heterocycles. The second kappa shape index (κ2) is 9.81. The van der Waals surface area contributed by atoms with E-state index in [9.17, 15) is 0 Å². The van der Waals surface area contributed by atoms with Crippen LogP contribution in [0, 0.1) is 11.3 Å². The molecule has 3 heteroatoms. The molecule has 0 aliphatic heterocycles. The molecule has 1 aliphatic carbocycles. The number of nitrogens with zero attached hydrogens (tertiary/aromatic N) is 1. The van der Waals surface area contributed by atoms with Gasteiger partial charge in [-0.3, -0.25) is 0 Å². The highest BCUT2D eigenvalue weighted by molar-refractivity contribution is 4.90. The van der Waals surface area contributed by atoms with E-state index >= 15 is 0 Å². The topological polar surface area (TPSA) is 24.5 Å². The lowest BCUT2D eigenvalue weighted by Gasteiger charge is -2.45. The van der Waals surface area contributed by atoms with Crippen molar-refractivity contribution in [3.05, 3.63) is 0 Å². The zero-order valence-corrected chi connectivity index (χ0v) is 15.1. The predicted molar refractivity (Wildman–Crippen MR) is 91.8 cm³/mol. The van der Waals surface area contributed by atoms with Gasteiger partial charge in [0.25, 0.3) is 0 Å². The Labute approximate surface area is 132 Å². The van der Waals surface area contributed by atoms with Crippen LogP contribution in [0.4, 0.5) is 0 Å². The molecular weight excluding hydrogens is 260 g/mol. The second-order valence-corrected chi connectivity index (χ2v) is 7.19.